The molecule has 1 saturated heterocycles. The summed E-state index contributed by atoms with van der Waals surface area (Å²) in [6.07, 6.45) is 7.96. The van der Waals surface area contributed by atoms with Gasteiger partial charge in [0.15, 0.2) is 11.6 Å². The van der Waals surface area contributed by atoms with E-state index in [-0.39, 0.29) is 41.5 Å². The molecule has 4 aromatic heterocycles. The van der Waals surface area contributed by atoms with Crippen molar-refractivity contribution in [2.24, 2.45) is 5.92 Å². The average molecular weight is 467 g/mol. The number of aromatic nitrogens is 6. The number of aromatic amines is 1. The van der Waals surface area contributed by atoms with Crippen molar-refractivity contribution >= 4 is 28.5 Å². The fraction of sp³-hybridized carbons (Fsp3) is 0.318. The summed E-state index contributed by atoms with van der Waals surface area (Å²) in [5.41, 5.74) is 2.59. The van der Waals surface area contributed by atoms with Crippen molar-refractivity contribution in [3.05, 3.63) is 53.6 Å². The molecule has 0 aromatic carbocycles. The topological polar surface area (TPSA) is 120 Å². The zero-order valence-electron chi connectivity index (χ0n) is 17.5. The lowest BCUT2D eigenvalue weighted by Crippen LogP contribution is -2.26. The van der Waals surface area contributed by atoms with Crippen molar-refractivity contribution < 1.29 is 9.50 Å². The van der Waals surface area contributed by atoms with Crippen molar-refractivity contribution in [3.63, 3.8) is 0 Å². The van der Waals surface area contributed by atoms with E-state index in [1.807, 2.05) is 23.4 Å². The van der Waals surface area contributed by atoms with Gasteiger partial charge < -0.3 is 15.0 Å². The van der Waals surface area contributed by atoms with Crippen molar-refractivity contribution in [3.8, 4) is 17.3 Å². The van der Waals surface area contributed by atoms with Gasteiger partial charge in [-0.1, -0.05) is 11.6 Å². The van der Waals surface area contributed by atoms with Crippen LogP contribution in [-0.4, -0.2) is 47.9 Å². The SMILES string of the molecule is N#CC[C@@H]([C@H]1CCN(c2nc(Cl)c(CO)cc2F)C1)n1cc(-c2ncnc3[nH]ccc23)cn1. The highest BCUT2D eigenvalue weighted by atomic mass is 35.5. The van der Waals surface area contributed by atoms with Gasteiger partial charge in [0, 0.05) is 47.9 Å². The van der Waals surface area contributed by atoms with Crippen molar-refractivity contribution in [2.45, 2.75) is 25.5 Å². The Hall–Kier alpha value is -3.55. The third-order valence-electron chi connectivity index (χ3n) is 6.09. The molecule has 1 aliphatic rings. The Morgan fingerprint density at radius 3 is 3.09 bits per heavy atom. The largest absolute Gasteiger partial charge is 0.392 e. The summed E-state index contributed by atoms with van der Waals surface area (Å²) >= 11 is 6.08. The number of fused-ring (bicyclic) bond motifs is 1. The van der Waals surface area contributed by atoms with E-state index in [1.165, 1.54) is 12.4 Å². The number of nitrogens with zero attached hydrogens (tertiary/aromatic N) is 7. The van der Waals surface area contributed by atoms with Gasteiger partial charge in [-0.2, -0.15) is 10.4 Å². The zero-order valence-corrected chi connectivity index (χ0v) is 18.2. The molecule has 5 rings (SSSR count). The van der Waals surface area contributed by atoms with Gasteiger partial charge in [0.25, 0.3) is 0 Å². The first kappa shape index (κ1) is 21.3. The van der Waals surface area contributed by atoms with E-state index in [2.05, 4.69) is 31.1 Å². The molecule has 0 unspecified atom stereocenters. The second-order valence-corrected chi connectivity index (χ2v) is 8.36. The van der Waals surface area contributed by atoms with Crippen LogP contribution in [0.4, 0.5) is 10.2 Å². The fourth-order valence-corrected chi connectivity index (χ4v) is 4.63. The molecule has 9 nitrogen and oxygen atoms in total. The molecule has 1 fully saturated rings. The second kappa shape index (κ2) is 8.77. The van der Waals surface area contributed by atoms with Crippen molar-refractivity contribution in [2.75, 3.05) is 18.0 Å². The van der Waals surface area contributed by atoms with Crippen LogP contribution in [0.15, 0.2) is 37.1 Å². The molecular weight excluding hydrogens is 447 g/mol. The number of aliphatic hydroxyl groups excluding tert-OH is 1. The third-order valence-corrected chi connectivity index (χ3v) is 6.42. The number of aliphatic hydroxyl groups is 1. The van der Waals surface area contributed by atoms with E-state index in [1.54, 1.807) is 10.9 Å². The molecule has 0 amide bonds. The van der Waals surface area contributed by atoms with E-state index in [0.29, 0.717) is 13.1 Å². The summed E-state index contributed by atoms with van der Waals surface area (Å²) in [7, 11) is 0. The molecule has 168 valence electrons. The Bertz CT molecular complexity index is 1350. The van der Waals surface area contributed by atoms with Crippen LogP contribution in [-0.2, 0) is 6.61 Å². The summed E-state index contributed by atoms with van der Waals surface area (Å²) in [6, 6.07) is 5.20. The summed E-state index contributed by atoms with van der Waals surface area (Å²) in [4.78, 5) is 17.7. The van der Waals surface area contributed by atoms with Crippen LogP contribution in [0, 0.1) is 23.1 Å². The van der Waals surface area contributed by atoms with Gasteiger partial charge in [0.1, 0.15) is 17.1 Å². The maximum Gasteiger partial charge on any atom is 0.166 e. The molecule has 0 saturated carbocycles. The predicted octanol–water partition coefficient (Wildman–Crippen LogP) is 3.48. The highest BCUT2D eigenvalue weighted by Crippen LogP contribution is 2.35. The monoisotopic (exact) mass is 466 g/mol. The van der Waals surface area contributed by atoms with Gasteiger partial charge in [-0.25, -0.2) is 19.3 Å². The van der Waals surface area contributed by atoms with Crippen LogP contribution in [0.3, 0.4) is 0 Å². The summed E-state index contributed by atoms with van der Waals surface area (Å²) in [6.45, 7) is 0.712. The molecule has 2 N–H and O–H groups in total. The number of anilines is 1. The highest BCUT2D eigenvalue weighted by molar-refractivity contribution is 6.30. The zero-order chi connectivity index (χ0) is 22.9. The van der Waals surface area contributed by atoms with E-state index in [0.717, 1.165) is 28.7 Å². The molecule has 2 atom stereocenters. The first-order valence-corrected chi connectivity index (χ1v) is 10.9. The molecule has 0 radical (unpaired) electrons. The maximum atomic E-state index is 14.6. The lowest BCUT2D eigenvalue weighted by Gasteiger charge is -2.23. The number of nitrogens with one attached hydrogen (secondary N) is 1. The van der Waals surface area contributed by atoms with Crippen molar-refractivity contribution in [1.29, 1.82) is 5.26 Å². The van der Waals surface area contributed by atoms with Gasteiger partial charge in [-0.05, 0) is 18.6 Å². The number of H-pyrrole nitrogens is 1. The first-order valence-electron chi connectivity index (χ1n) is 10.5. The van der Waals surface area contributed by atoms with E-state index < -0.39 is 5.82 Å². The number of hydrogen-bond acceptors (Lipinski definition) is 7. The fourth-order valence-electron chi connectivity index (χ4n) is 4.44. The number of halogens is 2. The Labute approximate surface area is 193 Å². The molecule has 33 heavy (non-hydrogen) atoms. The average Bonchev–Trinajstić information content (AvgIpc) is 3.59. The Morgan fingerprint density at radius 1 is 1.39 bits per heavy atom. The normalized spacial score (nSPS) is 16.9. The van der Waals surface area contributed by atoms with E-state index in [9.17, 15) is 14.8 Å². The van der Waals surface area contributed by atoms with Gasteiger partial charge >= 0.3 is 0 Å². The van der Waals surface area contributed by atoms with E-state index in [4.69, 9.17) is 11.6 Å². The molecule has 1 aliphatic heterocycles. The van der Waals surface area contributed by atoms with Gasteiger partial charge in [0.05, 0.1) is 37.0 Å². The first-order chi connectivity index (χ1) is 16.1. The third kappa shape index (κ3) is 3.90. The lowest BCUT2D eigenvalue weighted by molar-refractivity contribution is 0.281. The predicted molar refractivity (Wildman–Crippen MR) is 120 cm³/mol. The molecule has 5 heterocycles. The van der Waals surface area contributed by atoms with Crippen LogP contribution >= 0.6 is 11.6 Å². The Balaban J connectivity index is 1.40. The maximum absolute atomic E-state index is 14.6. The molecule has 0 aliphatic carbocycles. The standard InChI is InChI=1S/C22H20ClFN8O/c23-20-14(11-33)7-17(24)22(30-20)31-6-3-13(9-31)18(1-4-25)32-10-15(8-29-32)19-16-2-5-26-21(16)28-12-27-19/h2,5,7-8,10,12-13,18,33H,1,3,6,9,11H2,(H,26,27,28)/t13-,18-/m0/s1. The second-order valence-electron chi connectivity index (χ2n) is 8.00. The number of rotatable bonds is 6. The molecule has 0 bridgehead atoms. The summed E-state index contributed by atoms with van der Waals surface area (Å²) < 4.78 is 16.4. The Kier molecular flexibility index (Phi) is 5.66. The highest BCUT2D eigenvalue weighted by Gasteiger charge is 2.33. The minimum atomic E-state index is -0.526. The summed E-state index contributed by atoms with van der Waals surface area (Å²) in [5.74, 6) is -0.304. The van der Waals surface area contributed by atoms with Crippen LogP contribution < -0.4 is 4.90 Å². The quantitative estimate of drug-likeness (QED) is 0.417. The Morgan fingerprint density at radius 2 is 2.27 bits per heavy atom. The number of pyridine rings is 1. The van der Waals surface area contributed by atoms with Gasteiger partial charge in [-0.15, -0.1) is 0 Å². The minimum absolute atomic E-state index is 0.0626. The molecule has 0 spiro atoms. The van der Waals surface area contributed by atoms with Gasteiger partial charge in [0.2, 0.25) is 0 Å². The molecular formula is C22H20ClFN8O. The number of nitriles is 1. The smallest absolute Gasteiger partial charge is 0.166 e. The summed E-state index contributed by atoms with van der Waals surface area (Å²) in [5, 5.41) is 24.3. The number of hydrogen-bond donors (Lipinski definition) is 2. The van der Waals surface area contributed by atoms with Gasteiger partial charge in [-0.3, -0.25) is 4.68 Å². The minimum Gasteiger partial charge on any atom is -0.392 e. The lowest BCUT2D eigenvalue weighted by atomic mass is 9.96. The molecule has 4 aromatic rings. The van der Waals surface area contributed by atoms with Crippen molar-refractivity contribution in [1.82, 2.24) is 29.7 Å². The van der Waals surface area contributed by atoms with Crippen LogP contribution in [0.5, 0.6) is 0 Å². The van der Waals surface area contributed by atoms with Crippen LogP contribution in [0.25, 0.3) is 22.3 Å². The van der Waals surface area contributed by atoms with Crippen LogP contribution in [0.1, 0.15) is 24.4 Å². The molecule has 11 heteroatoms. The van der Waals surface area contributed by atoms with Crippen LogP contribution in [0.2, 0.25) is 5.15 Å². The van der Waals surface area contributed by atoms with E-state index >= 15 is 0 Å².